The zero-order valence-corrected chi connectivity index (χ0v) is 33.2. The molecule has 1 aromatic heterocycles. The van der Waals surface area contributed by atoms with E-state index in [1.165, 1.54) is 26.0 Å². The molecule has 1 unspecified atom stereocenters. The highest BCUT2D eigenvalue weighted by molar-refractivity contribution is 7.93. The van der Waals surface area contributed by atoms with Gasteiger partial charge in [0.15, 0.2) is 0 Å². The SMILES string of the molecule is CC/C=C\C/C=C\C/C=C\C/C=C\C/C=C\CCCC(=O)NCCNC(=O)O[C@H](C)[C@@H](C)Oc1nc(Nc2ccc(S(=N)(=O)C3CC3)cc2)ncc1C(F)(F)F. The predicted molar refractivity (Wildman–Crippen MR) is 214 cm³/mol. The van der Waals surface area contributed by atoms with Crippen molar-refractivity contribution in [2.24, 2.45) is 0 Å². The Morgan fingerprint density at radius 3 is 2.04 bits per heavy atom. The van der Waals surface area contributed by atoms with Crippen molar-refractivity contribution in [2.75, 3.05) is 18.4 Å². The third-order valence-electron chi connectivity index (χ3n) is 8.41. The van der Waals surface area contributed by atoms with Gasteiger partial charge in [0.1, 0.15) is 17.8 Å². The van der Waals surface area contributed by atoms with Gasteiger partial charge in [0.25, 0.3) is 0 Å². The second-order valence-corrected chi connectivity index (χ2v) is 15.5. The first kappa shape index (κ1) is 45.5. The lowest BCUT2D eigenvalue weighted by Crippen LogP contribution is -2.39. The molecule has 306 valence electrons. The number of nitrogens with one attached hydrogen (secondary N) is 4. The molecule has 4 N–H and O–H groups in total. The molecule has 2 aromatic rings. The van der Waals surface area contributed by atoms with Crippen molar-refractivity contribution in [3.8, 4) is 5.88 Å². The van der Waals surface area contributed by atoms with Crippen molar-refractivity contribution in [1.29, 1.82) is 4.78 Å². The predicted octanol–water partition coefficient (Wildman–Crippen LogP) is 9.73. The van der Waals surface area contributed by atoms with E-state index >= 15 is 0 Å². The average molecular weight is 801 g/mol. The Bertz CT molecular complexity index is 1790. The first-order valence-electron chi connectivity index (χ1n) is 19.0. The molecule has 1 aliphatic rings. The summed E-state index contributed by atoms with van der Waals surface area (Å²) in [5.41, 5.74) is -0.807. The van der Waals surface area contributed by atoms with Crippen LogP contribution in [0.2, 0.25) is 0 Å². The monoisotopic (exact) mass is 800 g/mol. The number of alkyl halides is 3. The number of rotatable bonds is 24. The fourth-order valence-electron chi connectivity index (χ4n) is 4.95. The maximum absolute atomic E-state index is 13.8. The van der Waals surface area contributed by atoms with Gasteiger partial charge in [-0.25, -0.2) is 18.8 Å². The molecule has 1 heterocycles. The Labute approximate surface area is 329 Å². The molecule has 0 radical (unpaired) electrons. The van der Waals surface area contributed by atoms with E-state index in [0.717, 1.165) is 51.4 Å². The van der Waals surface area contributed by atoms with E-state index in [1.807, 2.05) is 0 Å². The normalized spacial score (nSPS) is 15.8. The smallest absolute Gasteiger partial charge is 0.423 e. The zero-order chi connectivity index (χ0) is 40.8. The molecule has 1 saturated carbocycles. The summed E-state index contributed by atoms with van der Waals surface area (Å²) < 4.78 is 73.0. The number of alkyl carbamates (subject to hydrolysis) is 1. The highest BCUT2D eigenvalue weighted by atomic mass is 32.2. The molecule has 56 heavy (non-hydrogen) atoms. The van der Waals surface area contributed by atoms with Crippen molar-refractivity contribution < 1.29 is 36.4 Å². The number of carbonyl (C=O) groups excluding carboxylic acids is 2. The molecule has 15 heteroatoms. The fourth-order valence-corrected chi connectivity index (χ4v) is 6.68. The Balaban J connectivity index is 1.32. The van der Waals surface area contributed by atoms with E-state index in [2.05, 4.69) is 93.6 Å². The number of ether oxygens (including phenoxy) is 2. The highest BCUT2D eigenvalue weighted by Gasteiger charge is 2.37. The number of carbonyl (C=O) groups is 2. The minimum absolute atomic E-state index is 0.0843. The number of aromatic nitrogens is 2. The third-order valence-corrected chi connectivity index (χ3v) is 10.8. The van der Waals surface area contributed by atoms with Crippen molar-refractivity contribution >= 4 is 33.4 Å². The Hall–Kier alpha value is -4.92. The van der Waals surface area contributed by atoms with Crippen LogP contribution in [0.25, 0.3) is 0 Å². The van der Waals surface area contributed by atoms with Gasteiger partial charge >= 0.3 is 12.3 Å². The first-order chi connectivity index (χ1) is 26.8. The number of halogens is 3. The second-order valence-electron chi connectivity index (χ2n) is 13.2. The quantitative estimate of drug-likeness (QED) is 0.0604. The number of allylic oxidation sites excluding steroid dienone is 10. The highest BCUT2D eigenvalue weighted by Crippen LogP contribution is 2.37. The van der Waals surface area contributed by atoms with E-state index in [-0.39, 0.29) is 30.2 Å². The van der Waals surface area contributed by atoms with Gasteiger partial charge in [0.05, 0.1) is 9.73 Å². The summed E-state index contributed by atoms with van der Waals surface area (Å²) in [6, 6.07) is 6.16. The van der Waals surface area contributed by atoms with Crippen LogP contribution in [0, 0.1) is 4.78 Å². The van der Waals surface area contributed by atoms with Crippen LogP contribution < -0.4 is 20.7 Å². The fraction of sp³-hybridized carbons (Fsp3) is 0.463. The Morgan fingerprint density at radius 1 is 0.893 bits per heavy atom. The van der Waals surface area contributed by atoms with E-state index in [0.29, 0.717) is 29.6 Å². The molecular weight excluding hydrogens is 746 g/mol. The lowest BCUT2D eigenvalue weighted by molar-refractivity contribution is -0.140. The van der Waals surface area contributed by atoms with Crippen LogP contribution in [0.4, 0.5) is 29.6 Å². The van der Waals surface area contributed by atoms with Crippen molar-refractivity contribution in [3.63, 3.8) is 0 Å². The van der Waals surface area contributed by atoms with Crippen molar-refractivity contribution in [1.82, 2.24) is 20.6 Å². The van der Waals surface area contributed by atoms with Crippen LogP contribution >= 0.6 is 0 Å². The molecule has 3 rings (SSSR count). The zero-order valence-electron chi connectivity index (χ0n) is 32.4. The standard InChI is InChI=1S/C41H55F3N6O5S/c1-4-5-6-7-8-9-10-11-12-13-14-15-16-17-18-19-20-21-37(51)46-28-29-47-40(52)55-32(3)31(2)54-38-36(41(42,43)44)30-48-39(50-38)49-33-22-24-34(25-23-33)56(45,53)35-26-27-35/h5-6,8-9,11-12,14-15,17-18,22-25,30-32,35,45H,4,7,10,13,16,19-21,26-29H2,1-3H3,(H,46,51)(H,47,52)(H,48,49,50)/b6-5-,9-8-,12-11-,15-14-,18-17-/t31-,32-,56?/m1/s1. The number of nitrogens with zero attached hydrogens (tertiary/aromatic N) is 2. The topological polar surface area (TPSA) is 155 Å². The van der Waals surface area contributed by atoms with E-state index < -0.39 is 45.6 Å². The van der Waals surface area contributed by atoms with Gasteiger partial charge in [0.2, 0.25) is 17.7 Å². The summed E-state index contributed by atoms with van der Waals surface area (Å²) in [6.45, 7) is 5.28. The summed E-state index contributed by atoms with van der Waals surface area (Å²) in [5, 5.41) is 7.87. The molecule has 0 saturated heterocycles. The minimum Gasteiger partial charge on any atom is -0.470 e. The van der Waals surface area contributed by atoms with Gasteiger partial charge < -0.3 is 25.4 Å². The second kappa shape index (κ2) is 23.9. The van der Waals surface area contributed by atoms with Crippen LogP contribution in [0.3, 0.4) is 0 Å². The van der Waals surface area contributed by atoms with Crippen LogP contribution in [-0.2, 0) is 25.4 Å². The van der Waals surface area contributed by atoms with Crippen LogP contribution in [0.5, 0.6) is 5.88 Å². The van der Waals surface area contributed by atoms with Gasteiger partial charge in [-0.1, -0.05) is 67.7 Å². The van der Waals surface area contributed by atoms with Gasteiger partial charge in [-0.05, 0) is 95.9 Å². The number of hydrogen-bond acceptors (Lipinski definition) is 9. The largest absolute Gasteiger partial charge is 0.470 e. The van der Waals surface area contributed by atoms with Crippen molar-refractivity contribution in [3.05, 3.63) is 96.8 Å². The molecule has 2 amide bonds. The summed E-state index contributed by atoms with van der Waals surface area (Å²) >= 11 is 0. The minimum atomic E-state index is -4.83. The van der Waals surface area contributed by atoms with Gasteiger partial charge in [-0.3, -0.25) is 4.79 Å². The van der Waals surface area contributed by atoms with Gasteiger partial charge in [0, 0.05) is 41.5 Å². The molecule has 11 nitrogen and oxygen atoms in total. The number of unbranched alkanes of at least 4 members (excludes halogenated alkanes) is 1. The molecule has 0 spiro atoms. The van der Waals surface area contributed by atoms with Gasteiger partial charge in [-0.2, -0.15) is 18.2 Å². The van der Waals surface area contributed by atoms with Crippen molar-refractivity contribution in [2.45, 2.75) is 114 Å². The Morgan fingerprint density at radius 2 is 1.46 bits per heavy atom. The number of hydrogen-bond donors (Lipinski definition) is 4. The maximum Gasteiger partial charge on any atom is 0.423 e. The lowest BCUT2D eigenvalue weighted by atomic mass is 10.2. The number of benzene rings is 1. The van der Waals surface area contributed by atoms with E-state index in [4.69, 9.17) is 14.3 Å². The number of amides is 2. The summed E-state index contributed by atoms with van der Waals surface area (Å²) in [7, 11) is -2.90. The molecular formula is C41H55F3N6O5S. The van der Waals surface area contributed by atoms with Crippen LogP contribution in [0.15, 0.2) is 96.1 Å². The first-order valence-corrected chi connectivity index (χ1v) is 20.6. The average Bonchev–Trinajstić information content (AvgIpc) is 4.01. The molecule has 0 bridgehead atoms. The Kier molecular flexibility index (Phi) is 19.4. The molecule has 0 aliphatic heterocycles. The van der Waals surface area contributed by atoms with Gasteiger partial charge in [-0.15, -0.1) is 0 Å². The maximum atomic E-state index is 13.8. The molecule has 1 fully saturated rings. The van der Waals surface area contributed by atoms with Crippen LogP contribution in [-0.4, -0.2) is 56.7 Å². The van der Waals surface area contributed by atoms with Crippen LogP contribution in [0.1, 0.15) is 90.5 Å². The summed E-state index contributed by atoms with van der Waals surface area (Å²) in [6.07, 6.45) is 22.2. The molecule has 1 aliphatic carbocycles. The lowest BCUT2D eigenvalue weighted by Gasteiger charge is -2.23. The summed E-state index contributed by atoms with van der Waals surface area (Å²) in [4.78, 5) is 32.6. The third kappa shape index (κ3) is 17.3. The number of anilines is 2. The van der Waals surface area contributed by atoms with E-state index in [9.17, 15) is 27.0 Å². The molecule has 1 aromatic carbocycles. The molecule has 3 atom stereocenters. The summed E-state index contributed by atoms with van der Waals surface area (Å²) in [5.74, 6) is -1.10. The van der Waals surface area contributed by atoms with E-state index in [1.54, 1.807) is 12.1 Å².